The summed E-state index contributed by atoms with van der Waals surface area (Å²) in [5, 5.41) is 0.670. The third-order valence-electron chi connectivity index (χ3n) is 5.53. The van der Waals surface area contributed by atoms with Crippen molar-refractivity contribution in [3.63, 3.8) is 0 Å². The normalized spacial score (nSPS) is 16.4. The average molecular weight is 429 g/mol. The van der Waals surface area contributed by atoms with E-state index >= 15 is 0 Å². The minimum atomic E-state index is -0.136. The Morgan fingerprint density at radius 3 is 2.60 bits per heavy atom. The van der Waals surface area contributed by atoms with Gasteiger partial charge in [-0.05, 0) is 18.9 Å². The van der Waals surface area contributed by atoms with Gasteiger partial charge in [-0.1, -0.05) is 0 Å². The summed E-state index contributed by atoms with van der Waals surface area (Å²) in [6.07, 6.45) is 2.15. The van der Waals surface area contributed by atoms with Crippen LogP contribution in [0, 0.1) is 6.92 Å². The second kappa shape index (κ2) is 7.35. The van der Waals surface area contributed by atoms with Crippen LogP contribution in [0.25, 0.3) is 0 Å². The molecule has 9 nitrogen and oxygen atoms in total. The van der Waals surface area contributed by atoms with Gasteiger partial charge in [0, 0.05) is 45.8 Å². The number of nitrogens with zero attached hydrogens (tertiary/aromatic N) is 6. The Hall–Kier alpha value is -3.01. The van der Waals surface area contributed by atoms with E-state index in [0.29, 0.717) is 47.3 Å². The molecule has 0 saturated heterocycles. The van der Waals surface area contributed by atoms with Crippen molar-refractivity contribution in [3.05, 3.63) is 33.5 Å². The molecule has 30 heavy (non-hydrogen) atoms. The maximum Gasteiger partial charge on any atom is 0.257 e. The number of amides is 3. The van der Waals surface area contributed by atoms with Crippen molar-refractivity contribution in [2.75, 3.05) is 51.1 Å². The highest BCUT2D eigenvalue weighted by Gasteiger charge is 2.36. The quantitative estimate of drug-likeness (QED) is 0.713. The first-order valence-electron chi connectivity index (χ1n) is 9.65. The van der Waals surface area contributed by atoms with E-state index in [0.717, 1.165) is 10.4 Å². The van der Waals surface area contributed by atoms with E-state index in [1.165, 1.54) is 16.2 Å². The lowest BCUT2D eigenvalue weighted by molar-refractivity contribution is -0.118. The predicted molar refractivity (Wildman–Crippen MR) is 114 cm³/mol. The van der Waals surface area contributed by atoms with Crippen LogP contribution in [0.4, 0.5) is 10.9 Å². The second-order valence-corrected chi connectivity index (χ2v) is 8.92. The zero-order valence-corrected chi connectivity index (χ0v) is 18.5. The SMILES string of the molecule is Cc1nc(N(C)C)ncc1C(=O)N1CCc2c(sc3c2C(=O)N(C)CC(=O)N3C)C1. The summed E-state index contributed by atoms with van der Waals surface area (Å²) in [4.78, 5) is 54.6. The van der Waals surface area contributed by atoms with Crippen molar-refractivity contribution in [1.82, 2.24) is 19.8 Å². The molecular formula is C20H24N6O3S. The van der Waals surface area contributed by atoms with Crippen LogP contribution >= 0.6 is 11.3 Å². The molecule has 0 atom stereocenters. The van der Waals surface area contributed by atoms with Gasteiger partial charge in [-0.15, -0.1) is 11.3 Å². The summed E-state index contributed by atoms with van der Waals surface area (Å²) in [6, 6.07) is 0. The van der Waals surface area contributed by atoms with Crippen molar-refractivity contribution < 1.29 is 14.4 Å². The molecule has 0 fully saturated rings. The van der Waals surface area contributed by atoms with Gasteiger partial charge in [0.25, 0.3) is 11.8 Å². The van der Waals surface area contributed by atoms with Gasteiger partial charge in [0.2, 0.25) is 11.9 Å². The number of aryl methyl sites for hydroxylation is 1. The van der Waals surface area contributed by atoms with E-state index in [2.05, 4.69) is 9.97 Å². The number of fused-ring (bicyclic) bond motifs is 3. The molecule has 10 heteroatoms. The molecular weight excluding hydrogens is 404 g/mol. The molecule has 0 unspecified atom stereocenters. The van der Waals surface area contributed by atoms with Gasteiger partial charge in [-0.3, -0.25) is 14.4 Å². The molecule has 0 saturated carbocycles. The number of hydrogen-bond donors (Lipinski definition) is 0. The van der Waals surface area contributed by atoms with Gasteiger partial charge in [0.1, 0.15) is 11.5 Å². The fourth-order valence-electron chi connectivity index (χ4n) is 3.75. The molecule has 0 N–H and O–H groups in total. The van der Waals surface area contributed by atoms with E-state index in [4.69, 9.17) is 0 Å². The summed E-state index contributed by atoms with van der Waals surface area (Å²) >= 11 is 1.42. The molecule has 0 aromatic carbocycles. The van der Waals surface area contributed by atoms with Crippen LogP contribution in [0.2, 0.25) is 0 Å². The predicted octanol–water partition coefficient (Wildman–Crippen LogP) is 1.16. The molecule has 0 bridgehead atoms. The summed E-state index contributed by atoms with van der Waals surface area (Å²) in [6.45, 7) is 2.77. The topological polar surface area (TPSA) is 90.0 Å². The van der Waals surface area contributed by atoms with E-state index in [1.54, 1.807) is 41.9 Å². The molecule has 0 radical (unpaired) electrons. The number of thiophene rings is 1. The standard InChI is InChI=1S/C20H24N6O3S/c1-11-13(8-21-20(22-11)23(2)3)17(28)26-7-6-12-14(9-26)30-19-16(12)18(29)24(4)10-15(27)25(19)5/h8H,6-7,9-10H2,1-5H3. The maximum absolute atomic E-state index is 13.1. The molecule has 2 aromatic rings. The Kier molecular flexibility index (Phi) is 4.97. The Balaban J connectivity index is 1.65. The van der Waals surface area contributed by atoms with Crippen LogP contribution in [0.3, 0.4) is 0 Å². The van der Waals surface area contributed by atoms with Crippen molar-refractivity contribution in [1.29, 1.82) is 0 Å². The van der Waals surface area contributed by atoms with Crippen molar-refractivity contribution >= 4 is 40.0 Å². The first kappa shape index (κ1) is 20.3. The molecule has 2 aliphatic heterocycles. The first-order valence-corrected chi connectivity index (χ1v) is 10.5. The Labute approximate surface area is 178 Å². The van der Waals surface area contributed by atoms with Crippen LogP contribution < -0.4 is 9.80 Å². The van der Waals surface area contributed by atoms with Crippen LogP contribution in [0.15, 0.2) is 6.20 Å². The van der Waals surface area contributed by atoms with Gasteiger partial charge in [-0.2, -0.15) is 0 Å². The van der Waals surface area contributed by atoms with Crippen LogP contribution in [0.5, 0.6) is 0 Å². The number of rotatable bonds is 2. The fraction of sp³-hybridized carbons (Fsp3) is 0.450. The fourth-order valence-corrected chi connectivity index (χ4v) is 5.09. The van der Waals surface area contributed by atoms with E-state index in [-0.39, 0.29) is 24.3 Å². The van der Waals surface area contributed by atoms with Gasteiger partial charge in [0.15, 0.2) is 0 Å². The molecule has 0 spiro atoms. The highest BCUT2D eigenvalue weighted by molar-refractivity contribution is 7.17. The Morgan fingerprint density at radius 2 is 1.93 bits per heavy atom. The molecule has 4 heterocycles. The lowest BCUT2D eigenvalue weighted by Gasteiger charge is -2.28. The summed E-state index contributed by atoms with van der Waals surface area (Å²) in [5.41, 5.74) is 2.67. The summed E-state index contributed by atoms with van der Waals surface area (Å²) in [7, 11) is 7.05. The minimum absolute atomic E-state index is 0.0678. The molecule has 0 aliphatic carbocycles. The number of anilines is 2. The van der Waals surface area contributed by atoms with Gasteiger partial charge >= 0.3 is 0 Å². The number of hydrogen-bond acceptors (Lipinski definition) is 7. The van der Waals surface area contributed by atoms with E-state index in [1.807, 2.05) is 14.1 Å². The van der Waals surface area contributed by atoms with E-state index in [9.17, 15) is 14.4 Å². The van der Waals surface area contributed by atoms with Gasteiger partial charge in [0.05, 0.1) is 23.4 Å². The zero-order chi connectivity index (χ0) is 21.7. The number of aromatic nitrogens is 2. The largest absolute Gasteiger partial charge is 0.347 e. The molecule has 4 rings (SSSR count). The third kappa shape index (κ3) is 3.20. The number of likely N-dealkylation sites (N-methyl/N-ethyl adjacent to an activating group) is 2. The smallest absolute Gasteiger partial charge is 0.257 e. The molecule has 2 aromatic heterocycles. The van der Waals surface area contributed by atoms with Crippen molar-refractivity contribution in [2.45, 2.75) is 19.9 Å². The maximum atomic E-state index is 13.1. The molecule has 2 aliphatic rings. The van der Waals surface area contributed by atoms with Crippen LogP contribution in [-0.2, 0) is 17.8 Å². The lowest BCUT2D eigenvalue weighted by Crippen LogP contribution is -2.37. The van der Waals surface area contributed by atoms with Crippen LogP contribution in [0.1, 0.15) is 36.9 Å². The average Bonchev–Trinajstić information content (AvgIpc) is 3.07. The van der Waals surface area contributed by atoms with Crippen molar-refractivity contribution in [3.8, 4) is 0 Å². The highest BCUT2D eigenvalue weighted by atomic mass is 32.1. The van der Waals surface area contributed by atoms with Crippen LogP contribution in [-0.4, -0.2) is 78.8 Å². The zero-order valence-electron chi connectivity index (χ0n) is 17.7. The number of carbonyl (C=O) groups is 3. The minimum Gasteiger partial charge on any atom is -0.347 e. The van der Waals surface area contributed by atoms with Gasteiger partial charge < -0.3 is 19.6 Å². The third-order valence-corrected chi connectivity index (χ3v) is 6.83. The van der Waals surface area contributed by atoms with Gasteiger partial charge in [-0.25, -0.2) is 9.97 Å². The van der Waals surface area contributed by atoms with E-state index < -0.39 is 0 Å². The molecule has 3 amide bonds. The monoisotopic (exact) mass is 428 g/mol. The second-order valence-electron chi connectivity index (χ2n) is 7.84. The lowest BCUT2D eigenvalue weighted by atomic mass is 10.0. The summed E-state index contributed by atoms with van der Waals surface area (Å²) < 4.78 is 0. The summed E-state index contributed by atoms with van der Waals surface area (Å²) in [5.74, 6) is 0.177. The first-order chi connectivity index (χ1) is 14.2. The Bertz CT molecular complexity index is 1060. The number of carbonyl (C=O) groups excluding carboxylic acids is 3. The highest BCUT2D eigenvalue weighted by Crippen LogP contribution is 2.41. The van der Waals surface area contributed by atoms with Crippen molar-refractivity contribution in [2.24, 2.45) is 0 Å². The Morgan fingerprint density at radius 1 is 1.20 bits per heavy atom. The molecule has 158 valence electrons.